The van der Waals surface area contributed by atoms with Gasteiger partial charge in [-0.15, -0.1) is 5.10 Å². The predicted molar refractivity (Wildman–Crippen MR) is 125 cm³/mol. The number of ether oxygens (including phenoxy) is 1. The maximum absolute atomic E-state index is 11.5. The van der Waals surface area contributed by atoms with E-state index in [9.17, 15) is 4.79 Å². The van der Waals surface area contributed by atoms with Crippen molar-refractivity contribution in [3.63, 3.8) is 0 Å². The van der Waals surface area contributed by atoms with Gasteiger partial charge in [-0.1, -0.05) is 62.3 Å². The molecule has 2 saturated heterocycles. The average molecular weight is 485 g/mol. The Morgan fingerprint density at radius 3 is 2.09 bits per heavy atom. The summed E-state index contributed by atoms with van der Waals surface area (Å²) in [4.78, 5) is 15.5. The van der Waals surface area contributed by atoms with Gasteiger partial charge in [-0.2, -0.15) is 0 Å². The third-order valence-electron chi connectivity index (χ3n) is 6.97. The zero-order chi connectivity index (χ0) is 24.0. The molecule has 0 aliphatic carbocycles. The molecule has 2 N–H and O–H groups in total. The third-order valence-corrected chi connectivity index (χ3v) is 17.2. The van der Waals surface area contributed by atoms with Crippen LogP contribution < -0.4 is 5.73 Å². The van der Waals surface area contributed by atoms with Gasteiger partial charge >= 0.3 is 17.1 Å². The summed E-state index contributed by atoms with van der Waals surface area (Å²) in [6, 6.07) is 0. The fourth-order valence-corrected chi connectivity index (χ4v) is 16.4. The van der Waals surface area contributed by atoms with Crippen LogP contribution in [0.25, 0.3) is 0 Å². The van der Waals surface area contributed by atoms with Gasteiger partial charge in [-0.05, 0) is 22.2 Å². The number of primary amides is 1. The second-order valence-corrected chi connectivity index (χ2v) is 19.2. The summed E-state index contributed by atoms with van der Waals surface area (Å²) in [6.45, 7) is 20.1. The summed E-state index contributed by atoms with van der Waals surface area (Å²) >= 11 is 0. The Morgan fingerprint density at radius 1 is 1.06 bits per heavy atom. The van der Waals surface area contributed by atoms with Crippen LogP contribution in [0.2, 0.25) is 22.2 Å². The van der Waals surface area contributed by atoms with E-state index in [0.29, 0.717) is 6.61 Å². The molecule has 0 aromatic carbocycles. The van der Waals surface area contributed by atoms with Crippen molar-refractivity contribution in [2.24, 2.45) is 11.7 Å². The van der Waals surface area contributed by atoms with Gasteiger partial charge in [0.1, 0.15) is 12.4 Å². The average Bonchev–Trinajstić information content (AvgIpc) is 3.27. The molecule has 1 unspecified atom stereocenters. The maximum atomic E-state index is 11.5. The van der Waals surface area contributed by atoms with Crippen molar-refractivity contribution >= 4 is 23.0 Å². The first-order chi connectivity index (χ1) is 14.9. The molecule has 2 aliphatic rings. The van der Waals surface area contributed by atoms with Crippen LogP contribution in [-0.4, -0.2) is 56.6 Å². The van der Waals surface area contributed by atoms with Crippen molar-refractivity contribution in [2.75, 3.05) is 6.61 Å². The van der Waals surface area contributed by atoms with Gasteiger partial charge in [0.25, 0.3) is 5.91 Å². The number of amides is 1. The lowest BCUT2D eigenvalue weighted by atomic mass is 10.0. The molecular weight excluding hydrogens is 444 g/mol. The van der Waals surface area contributed by atoms with E-state index in [1.54, 1.807) is 4.68 Å². The van der Waals surface area contributed by atoms with Crippen molar-refractivity contribution in [1.29, 1.82) is 0 Å². The van der Waals surface area contributed by atoms with Crippen molar-refractivity contribution < 1.29 is 22.5 Å². The summed E-state index contributed by atoms with van der Waals surface area (Å²) in [5.41, 5.74) is 6.37. The van der Waals surface area contributed by atoms with Crippen LogP contribution in [0, 0.1) is 5.92 Å². The minimum absolute atomic E-state index is 0.0234. The lowest BCUT2D eigenvalue weighted by Gasteiger charge is -2.51. The largest absolute Gasteiger partial charge is 0.414 e. The number of fused-ring (bicyclic) bond motifs is 1. The Bertz CT molecular complexity index is 800. The van der Waals surface area contributed by atoms with E-state index in [-0.39, 0.29) is 46.1 Å². The lowest BCUT2D eigenvalue weighted by molar-refractivity contribution is -0.0595. The van der Waals surface area contributed by atoms with Crippen LogP contribution in [0.1, 0.15) is 79.2 Å². The number of rotatable bonds is 6. The van der Waals surface area contributed by atoms with Crippen molar-refractivity contribution in [1.82, 2.24) is 14.8 Å². The van der Waals surface area contributed by atoms with Gasteiger partial charge in [0, 0.05) is 5.92 Å². The Morgan fingerprint density at radius 2 is 1.62 bits per heavy atom. The second kappa shape index (κ2) is 9.26. The molecule has 11 heteroatoms. The van der Waals surface area contributed by atoms with E-state index in [0.717, 1.165) is 0 Å². The highest BCUT2D eigenvalue weighted by atomic mass is 28.5. The highest BCUT2D eigenvalue weighted by Crippen LogP contribution is 2.49. The van der Waals surface area contributed by atoms with Gasteiger partial charge in [-0.25, -0.2) is 9.67 Å². The number of aromatic nitrogens is 3. The highest BCUT2D eigenvalue weighted by Gasteiger charge is 2.61. The zero-order valence-corrected chi connectivity index (χ0v) is 22.9. The number of nitrogens with zero attached hydrogens (tertiary/aromatic N) is 3. The van der Waals surface area contributed by atoms with E-state index >= 15 is 0 Å². The van der Waals surface area contributed by atoms with Crippen molar-refractivity contribution in [3.8, 4) is 0 Å². The SMILES string of the molecule is CC(C)[Si]1(C(C)C)OC[C@H]2O[C@@H](n3cnc(C(N)=O)n3)[C@H](C)C2O[Si](C(C)C)(C(C)C)O1. The van der Waals surface area contributed by atoms with E-state index in [2.05, 4.69) is 72.4 Å². The number of carbonyl (C=O) groups excluding carboxylic acids is 1. The zero-order valence-electron chi connectivity index (χ0n) is 20.9. The third kappa shape index (κ3) is 4.23. The van der Waals surface area contributed by atoms with Crippen molar-refractivity contribution in [2.45, 2.75) is 103 Å². The van der Waals surface area contributed by atoms with Gasteiger partial charge in [0.15, 0.2) is 6.23 Å². The minimum Gasteiger partial charge on any atom is -0.414 e. The lowest BCUT2D eigenvalue weighted by Crippen LogP contribution is -2.65. The molecule has 0 saturated carbocycles. The second-order valence-electron chi connectivity index (χ2n) is 10.4. The van der Waals surface area contributed by atoms with E-state index in [1.165, 1.54) is 6.33 Å². The summed E-state index contributed by atoms with van der Waals surface area (Å²) in [7, 11) is -5.33. The van der Waals surface area contributed by atoms with E-state index in [4.69, 9.17) is 23.4 Å². The molecule has 2 fully saturated rings. The minimum atomic E-state index is -2.71. The fraction of sp³-hybridized carbons (Fsp3) is 0.857. The topological polar surface area (TPSA) is 111 Å². The fourth-order valence-electron chi connectivity index (χ4n) is 5.15. The van der Waals surface area contributed by atoms with Gasteiger partial charge < -0.3 is 23.4 Å². The monoisotopic (exact) mass is 484 g/mol. The van der Waals surface area contributed by atoms with E-state index in [1.807, 2.05) is 0 Å². The summed E-state index contributed by atoms with van der Waals surface area (Å²) in [5, 5.41) is 4.24. The molecule has 1 amide bonds. The molecule has 1 aromatic rings. The standard InChI is InChI=1S/C21H40N4O5Si2/c1-12(2)31(13(3)4)27-10-17-18(29-32(30-31,14(5)6)15(7)8)16(9)21(28-17)25-11-23-20(24-25)19(22)26/h11-18,21H,10H2,1-9H3,(H2,22,26)/t16-,17-,18?,21-/m1/s1. The van der Waals surface area contributed by atoms with E-state index < -0.39 is 29.3 Å². The molecule has 0 spiro atoms. The first-order valence-electron chi connectivity index (χ1n) is 11.7. The van der Waals surface area contributed by atoms with Crippen LogP contribution >= 0.6 is 0 Å². The smallest absolute Gasteiger partial charge is 0.335 e. The van der Waals surface area contributed by atoms with Crippen molar-refractivity contribution in [3.05, 3.63) is 12.2 Å². The van der Waals surface area contributed by atoms with Crippen LogP contribution in [0.15, 0.2) is 6.33 Å². The molecule has 3 heterocycles. The number of nitrogens with two attached hydrogens (primary N) is 1. The van der Waals surface area contributed by atoms with Gasteiger partial charge in [0.2, 0.25) is 5.82 Å². The Labute approximate surface area is 193 Å². The first-order valence-corrected chi connectivity index (χ1v) is 15.7. The number of hydrogen-bond donors (Lipinski definition) is 1. The molecule has 1 aromatic heterocycles. The van der Waals surface area contributed by atoms with Crippen LogP contribution in [0.5, 0.6) is 0 Å². The Balaban J connectivity index is 2.03. The molecule has 9 nitrogen and oxygen atoms in total. The highest BCUT2D eigenvalue weighted by molar-refractivity contribution is 6.83. The molecular formula is C21H40N4O5Si2. The molecule has 0 bridgehead atoms. The maximum Gasteiger partial charge on any atom is 0.335 e. The van der Waals surface area contributed by atoms with Crippen LogP contribution in [0.4, 0.5) is 0 Å². The number of carbonyl (C=O) groups is 1. The molecule has 3 rings (SSSR count). The summed E-state index contributed by atoms with van der Waals surface area (Å²) in [5.74, 6) is -0.722. The van der Waals surface area contributed by atoms with Gasteiger partial charge in [0.05, 0.1) is 12.7 Å². The Hall–Kier alpha value is -1.12. The quantitative estimate of drug-likeness (QED) is 0.610. The summed E-state index contributed by atoms with van der Waals surface area (Å²) in [6.07, 6.45) is 0.611. The first kappa shape index (κ1) is 25.5. The van der Waals surface area contributed by atoms with Crippen LogP contribution in [0.3, 0.4) is 0 Å². The summed E-state index contributed by atoms with van der Waals surface area (Å²) < 4.78 is 29.1. The van der Waals surface area contributed by atoms with Crippen LogP contribution in [-0.2, 0) is 17.7 Å². The molecule has 0 radical (unpaired) electrons. The normalized spacial score (nSPS) is 30.0. The molecule has 32 heavy (non-hydrogen) atoms. The van der Waals surface area contributed by atoms with Gasteiger partial charge in [-0.3, -0.25) is 4.79 Å². The molecule has 182 valence electrons. The Kier molecular flexibility index (Phi) is 7.38. The molecule has 2 aliphatic heterocycles. The number of hydrogen-bond acceptors (Lipinski definition) is 7. The predicted octanol–water partition coefficient (Wildman–Crippen LogP) is 3.87. The molecule has 4 atom stereocenters.